The first-order chi connectivity index (χ1) is 7.04. The van der Waals surface area contributed by atoms with Gasteiger partial charge in [-0.3, -0.25) is 4.79 Å². The van der Waals surface area contributed by atoms with Gasteiger partial charge in [0.1, 0.15) is 0 Å². The molecule has 2 N–H and O–H groups in total. The molecule has 0 spiro atoms. The fourth-order valence-corrected chi connectivity index (χ4v) is 1.47. The summed E-state index contributed by atoms with van der Waals surface area (Å²) in [5.74, 6) is -0.0358. The van der Waals surface area contributed by atoms with Crippen LogP contribution in [0.2, 0.25) is 0 Å². The molecular weight excluding hydrogens is 224 g/mol. The van der Waals surface area contributed by atoms with Crippen LogP contribution in [0.1, 0.15) is 25.5 Å². The Hall–Kier alpha value is -1.06. The van der Waals surface area contributed by atoms with Crippen molar-refractivity contribution < 1.29 is 4.79 Å². The van der Waals surface area contributed by atoms with E-state index in [0.29, 0.717) is 0 Å². The number of benzene rings is 1. The van der Waals surface area contributed by atoms with Crippen LogP contribution in [0, 0.1) is 0 Å². The van der Waals surface area contributed by atoms with Crippen molar-refractivity contribution in [1.29, 1.82) is 0 Å². The standard InChI is InChI=1S/C12H18N2O.ClH/c1-9(13)12(15)14(3)10(2)11-7-5-4-6-8-11;/h4-10H,13H2,1-3H3;1H. The van der Waals surface area contributed by atoms with Crippen molar-refractivity contribution in [3.8, 4) is 0 Å². The Kier molecular flexibility index (Phi) is 6.08. The van der Waals surface area contributed by atoms with Gasteiger partial charge in [0.05, 0.1) is 12.1 Å². The fraction of sp³-hybridized carbons (Fsp3) is 0.417. The number of carbonyl (C=O) groups is 1. The van der Waals surface area contributed by atoms with Gasteiger partial charge >= 0.3 is 0 Å². The molecule has 0 aliphatic rings. The summed E-state index contributed by atoms with van der Waals surface area (Å²) in [4.78, 5) is 13.3. The summed E-state index contributed by atoms with van der Waals surface area (Å²) in [5, 5.41) is 0. The van der Waals surface area contributed by atoms with Crippen molar-refractivity contribution in [3.63, 3.8) is 0 Å². The molecule has 0 saturated heterocycles. The zero-order valence-electron chi connectivity index (χ0n) is 9.88. The zero-order valence-corrected chi connectivity index (χ0v) is 10.7. The summed E-state index contributed by atoms with van der Waals surface area (Å²) in [6.07, 6.45) is 0. The summed E-state index contributed by atoms with van der Waals surface area (Å²) in [6.45, 7) is 3.70. The van der Waals surface area contributed by atoms with Gasteiger partial charge in [-0.1, -0.05) is 30.3 Å². The van der Waals surface area contributed by atoms with Crippen molar-refractivity contribution in [3.05, 3.63) is 35.9 Å². The molecule has 0 aromatic heterocycles. The SMILES string of the molecule is CC(N)C(=O)N(C)C(C)c1ccccc1.Cl. The van der Waals surface area contributed by atoms with Gasteiger partial charge < -0.3 is 10.6 Å². The molecule has 0 aliphatic heterocycles. The molecule has 0 radical (unpaired) electrons. The van der Waals surface area contributed by atoms with Crippen LogP contribution in [0.15, 0.2) is 30.3 Å². The molecule has 2 atom stereocenters. The van der Waals surface area contributed by atoms with Gasteiger partial charge in [-0.15, -0.1) is 12.4 Å². The van der Waals surface area contributed by atoms with E-state index in [4.69, 9.17) is 5.73 Å². The third kappa shape index (κ3) is 3.51. The van der Waals surface area contributed by atoms with E-state index in [1.807, 2.05) is 37.3 Å². The number of nitrogens with two attached hydrogens (primary N) is 1. The minimum Gasteiger partial charge on any atom is -0.338 e. The van der Waals surface area contributed by atoms with E-state index in [0.717, 1.165) is 5.56 Å². The van der Waals surface area contributed by atoms with Gasteiger partial charge in [-0.2, -0.15) is 0 Å². The van der Waals surface area contributed by atoms with E-state index in [2.05, 4.69) is 0 Å². The predicted octanol–water partition coefficient (Wildman–Crippen LogP) is 1.98. The number of halogens is 1. The quantitative estimate of drug-likeness (QED) is 0.881. The van der Waals surface area contributed by atoms with E-state index in [1.54, 1.807) is 18.9 Å². The van der Waals surface area contributed by atoms with E-state index in [-0.39, 0.29) is 24.4 Å². The predicted molar refractivity (Wildman–Crippen MR) is 68.5 cm³/mol. The lowest BCUT2D eigenvalue weighted by Gasteiger charge is -2.26. The highest BCUT2D eigenvalue weighted by molar-refractivity contribution is 5.85. The van der Waals surface area contributed by atoms with Crippen molar-refractivity contribution in [1.82, 2.24) is 4.90 Å². The van der Waals surface area contributed by atoms with Crippen LogP contribution in [-0.2, 0) is 4.79 Å². The molecule has 0 aliphatic carbocycles. The van der Waals surface area contributed by atoms with Gasteiger partial charge in [0.15, 0.2) is 0 Å². The molecule has 0 bridgehead atoms. The Morgan fingerprint density at radius 1 is 1.25 bits per heavy atom. The third-order valence-corrected chi connectivity index (χ3v) is 2.60. The molecule has 1 rings (SSSR count). The average Bonchev–Trinajstić information content (AvgIpc) is 2.27. The first kappa shape index (κ1) is 14.9. The van der Waals surface area contributed by atoms with Crippen LogP contribution >= 0.6 is 12.4 Å². The number of hydrogen-bond acceptors (Lipinski definition) is 2. The maximum absolute atomic E-state index is 11.7. The minimum absolute atomic E-state index is 0. The second-order valence-corrected chi connectivity index (χ2v) is 3.82. The minimum atomic E-state index is -0.443. The van der Waals surface area contributed by atoms with Crippen molar-refractivity contribution in [2.75, 3.05) is 7.05 Å². The van der Waals surface area contributed by atoms with Gasteiger partial charge in [-0.25, -0.2) is 0 Å². The zero-order chi connectivity index (χ0) is 11.4. The van der Waals surface area contributed by atoms with E-state index >= 15 is 0 Å². The average molecular weight is 243 g/mol. The summed E-state index contributed by atoms with van der Waals surface area (Å²) < 4.78 is 0. The Labute approximate surface area is 103 Å². The van der Waals surface area contributed by atoms with Crippen LogP contribution in [0.3, 0.4) is 0 Å². The Bertz CT molecular complexity index is 327. The van der Waals surface area contributed by atoms with Crippen molar-refractivity contribution >= 4 is 18.3 Å². The largest absolute Gasteiger partial charge is 0.338 e. The molecule has 0 fully saturated rings. The Morgan fingerprint density at radius 2 is 1.75 bits per heavy atom. The number of rotatable bonds is 3. The highest BCUT2D eigenvalue weighted by Crippen LogP contribution is 2.18. The topological polar surface area (TPSA) is 46.3 Å². The number of nitrogens with zero attached hydrogens (tertiary/aromatic N) is 1. The number of amides is 1. The van der Waals surface area contributed by atoms with Gasteiger partial charge in [0, 0.05) is 7.05 Å². The van der Waals surface area contributed by atoms with E-state index < -0.39 is 6.04 Å². The number of likely N-dealkylation sites (N-methyl/N-ethyl adjacent to an activating group) is 1. The first-order valence-electron chi connectivity index (χ1n) is 5.11. The van der Waals surface area contributed by atoms with Crippen LogP contribution < -0.4 is 5.73 Å². The van der Waals surface area contributed by atoms with E-state index in [1.165, 1.54) is 0 Å². The third-order valence-electron chi connectivity index (χ3n) is 2.60. The molecule has 16 heavy (non-hydrogen) atoms. The normalized spacial score (nSPS) is 13.5. The van der Waals surface area contributed by atoms with Crippen LogP contribution in [0.4, 0.5) is 0 Å². The molecule has 1 amide bonds. The molecule has 1 aromatic rings. The highest BCUT2D eigenvalue weighted by Gasteiger charge is 2.19. The molecule has 0 heterocycles. The molecular formula is C12H19ClN2O. The summed E-state index contributed by atoms with van der Waals surface area (Å²) >= 11 is 0. The lowest BCUT2D eigenvalue weighted by Crippen LogP contribution is -2.40. The van der Waals surface area contributed by atoms with Crippen molar-refractivity contribution in [2.24, 2.45) is 5.73 Å². The molecule has 2 unspecified atom stereocenters. The van der Waals surface area contributed by atoms with Crippen LogP contribution in [0.5, 0.6) is 0 Å². The summed E-state index contributed by atoms with van der Waals surface area (Å²) in [5.41, 5.74) is 6.68. The van der Waals surface area contributed by atoms with Crippen LogP contribution in [-0.4, -0.2) is 23.9 Å². The highest BCUT2D eigenvalue weighted by atomic mass is 35.5. The number of hydrogen-bond donors (Lipinski definition) is 1. The lowest BCUT2D eigenvalue weighted by atomic mass is 10.1. The maximum atomic E-state index is 11.7. The summed E-state index contributed by atoms with van der Waals surface area (Å²) in [6, 6.07) is 9.53. The first-order valence-corrected chi connectivity index (χ1v) is 5.11. The second-order valence-electron chi connectivity index (χ2n) is 3.82. The fourth-order valence-electron chi connectivity index (χ4n) is 1.47. The van der Waals surface area contributed by atoms with Crippen molar-refractivity contribution in [2.45, 2.75) is 25.9 Å². The van der Waals surface area contributed by atoms with Gasteiger partial charge in [-0.05, 0) is 19.4 Å². The molecule has 3 nitrogen and oxygen atoms in total. The lowest BCUT2D eigenvalue weighted by molar-refractivity contribution is -0.132. The van der Waals surface area contributed by atoms with E-state index in [9.17, 15) is 4.79 Å². The maximum Gasteiger partial charge on any atom is 0.239 e. The molecule has 1 aromatic carbocycles. The Balaban J connectivity index is 0.00000225. The van der Waals surface area contributed by atoms with Crippen LogP contribution in [0.25, 0.3) is 0 Å². The smallest absolute Gasteiger partial charge is 0.239 e. The monoisotopic (exact) mass is 242 g/mol. The number of carbonyl (C=O) groups excluding carboxylic acids is 1. The van der Waals surface area contributed by atoms with Gasteiger partial charge in [0.25, 0.3) is 0 Å². The molecule has 0 saturated carbocycles. The van der Waals surface area contributed by atoms with Gasteiger partial charge in [0.2, 0.25) is 5.91 Å². The molecule has 90 valence electrons. The molecule has 4 heteroatoms. The summed E-state index contributed by atoms with van der Waals surface area (Å²) in [7, 11) is 1.78. The Morgan fingerprint density at radius 3 is 2.19 bits per heavy atom. The second kappa shape index (κ2) is 6.51.